The smallest absolute Gasteiger partial charge is 0.334 e. The molecule has 0 aliphatic rings. The van der Waals surface area contributed by atoms with Crippen molar-refractivity contribution in [2.45, 2.75) is 6.92 Å². The van der Waals surface area contributed by atoms with Crippen molar-refractivity contribution in [3.63, 3.8) is 0 Å². The Bertz CT molecular complexity index is 961. The third kappa shape index (κ3) is 12.4. The van der Waals surface area contributed by atoms with Gasteiger partial charge in [0.25, 0.3) is 0 Å². The van der Waals surface area contributed by atoms with Crippen molar-refractivity contribution in [1.82, 2.24) is 0 Å². The summed E-state index contributed by atoms with van der Waals surface area (Å²) in [6.45, 7) is 16.4. The van der Waals surface area contributed by atoms with Crippen molar-refractivity contribution in [1.29, 1.82) is 5.26 Å². The summed E-state index contributed by atoms with van der Waals surface area (Å²) in [6.07, 6.45) is 10.3. The lowest BCUT2D eigenvalue weighted by Crippen LogP contribution is -2.10. The van der Waals surface area contributed by atoms with Crippen molar-refractivity contribution >= 4 is 17.6 Å². The lowest BCUT2D eigenvalue weighted by Gasteiger charge is -2.09. The highest BCUT2D eigenvalue weighted by Gasteiger charge is 2.14. The molecule has 0 radical (unpaired) electrons. The number of ether oxygens (including phenoxy) is 1. The van der Waals surface area contributed by atoms with Crippen LogP contribution in [0.3, 0.4) is 0 Å². The van der Waals surface area contributed by atoms with Crippen LogP contribution in [0.15, 0.2) is 123 Å². The van der Waals surface area contributed by atoms with Gasteiger partial charge in [0, 0.05) is 17.6 Å². The Morgan fingerprint density at radius 3 is 1.94 bits per heavy atom. The number of carbonyl (C=O) groups excluding carboxylic acids is 1. The third-order valence-electron chi connectivity index (χ3n) is 3.96. The summed E-state index contributed by atoms with van der Waals surface area (Å²) in [5.41, 5.74) is 3.80. The molecule has 2 rings (SSSR count). The largest absolute Gasteiger partial charge is 0.466 e. The van der Waals surface area contributed by atoms with Crippen LogP contribution in [0.25, 0.3) is 11.6 Å². The SMILES string of the molecule is C=C(C)c1ccccc1.C=CC#N.C=CC=CC(C=Cc1ccccc1)C(=C)C(=O)OC. The van der Waals surface area contributed by atoms with Gasteiger partial charge in [0.05, 0.1) is 13.2 Å². The predicted octanol–water partition coefficient (Wildman–Crippen LogP) is 7.20. The molecule has 0 bridgehead atoms. The highest BCUT2D eigenvalue weighted by molar-refractivity contribution is 5.89. The number of nitrogens with zero attached hydrogens (tertiary/aromatic N) is 1. The van der Waals surface area contributed by atoms with Gasteiger partial charge in [0.1, 0.15) is 0 Å². The summed E-state index contributed by atoms with van der Waals surface area (Å²) < 4.78 is 4.69. The molecule has 32 heavy (non-hydrogen) atoms. The second kappa shape index (κ2) is 17.7. The van der Waals surface area contributed by atoms with E-state index in [1.165, 1.54) is 18.7 Å². The molecule has 164 valence electrons. The first-order chi connectivity index (χ1) is 15.4. The summed E-state index contributed by atoms with van der Waals surface area (Å²) in [5.74, 6) is -0.609. The minimum absolute atomic E-state index is 0.203. The van der Waals surface area contributed by atoms with Crippen LogP contribution in [-0.4, -0.2) is 13.1 Å². The molecule has 0 aliphatic heterocycles. The second-order valence-electron chi connectivity index (χ2n) is 6.41. The number of nitriles is 1. The van der Waals surface area contributed by atoms with Crippen molar-refractivity contribution in [3.05, 3.63) is 134 Å². The zero-order valence-electron chi connectivity index (χ0n) is 18.9. The van der Waals surface area contributed by atoms with Crippen LogP contribution in [-0.2, 0) is 9.53 Å². The number of hydrogen-bond acceptors (Lipinski definition) is 3. The predicted molar refractivity (Wildman–Crippen MR) is 136 cm³/mol. The molecular weight excluding hydrogens is 394 g/mol. The summed E-state index contributed by atoms with van der Waals surface area (Å²) in [6, 6.07) is 21.7. The zero-order valence-corrected chi connectivity index (χ0v) is 18.9. The number of rotatable bonds is 7. The first kappa shape index (κ1) is 27.8. The molecule has 0 N–H and O–H groups in total. The zero-order chi connectivity index (χ0) is 24.2. The summed E-state index contributed by atoms with van der Waals surface area (Å²) in [7, 11) is 1.35. The fraction of sp³-hybridized carbons (Fsp3) is 0.103. The number of carbonyl (C=O) groups is 1. The van der Waals surface area contributed by atoms with Crippen LogP contribution < -0.4 is 0 Å². The Balaban J connectivity index is 0.000000608. The molecule has 0 aromatic heterocycles. The average molecular weight is 426 g/mol. The van der Waals surface area contributed by atoms with Gasteiger partial charge in [0.2, 0.25) is 0 Å². The molecule has 2 aromatic rings. The van der Waals surface area contributed by atoms with Gasteiger partial charge in [-0.2, -0.15) is 5.26 Å². The van der Waals surface area contributed by atoms with Gasteiger partial charge in [-0.1, -0.05) is 123 Å². The standard InChI is InChI=1S/C17H18O2.C9H10.C3H3N/c1-4-5-11-16(14(2)17(18)19-3)13-12-15-9-7-6-8-10-15;1-8(2)9-6-4-3-5-7-9;1-2-3-4/h4-13,16H,1-2H2,3H3;3-7H,1H2,2H3;2H,1H2. The molecule has 0 saturated heterocycles. The first-order valence-corrected chi connectivity index (χ1v) is 9.92. The fourth-order valence-corrected chi connectivity index (χ4v) is 2.26. The molecule has 0 amide bonds. The molecule has 1 atom stereocenters. The van der Waals surface area contributed by atoms with Crippen LogP contribution in [0.2, 0.25) is 0 Å². The van der Waals surface area contributed by atoms with Crippen molar-refractivity contribution in [3.8, 4) is 6.07 Å². The average Bonchev–Trinajstić information content (AvgIpc) is 2.85. The Hall–Kier alpha value is -4.16. The van der Waals surface area contributed by atoms with Crippen molar-refractivity contribution in [2.24, 2.45) is 5.92 Å². The van der Waals surface area contributed by atoms with Crippen LogP contribution in [0, 0.1) is 17.2 Å². The summed E-state index contributed by atoms with van der Waals surface area (Å²) in [5, 5.41) is 7.51. The quantitative estimate of drug-likeness (QED) is 0.204. The van der Waals surface area contributed by atoms with Crippen molar-refractivity contribution < 1.29 is 9.53 Å². The molecule has 3 nitrogen and oxygen atoms in total. The van der Waals surface area contributed by atoms with Gasteiger partial charge in [-0.3, -0.25) is 0 Å². The minimum atomic E-state index is -0.406. The van der Waals surface area contributed by atoms with Gasteiger partial charge in [0.15, 0.2) is 0 Å². The van der Waals surface area contributed by atoms with E-state index in [4.69, 9.17) is 10.00 Å². The summed E-state index contributed by atoms with van der Waals surface area (Å²) in [4.78, 5) is 11.5. The maximum absolute atomic E-state index is 11.5. The van der Waals surface area contributed by atoms with Crippen LogP contribution in [0.4, 0.5) is 0 Å². The number of hydrogen-bond donors (Lipinski definition) is 0. The van der Waals surface area contributed by atoms with E-state index in [0.29, 0.717) is 5.57 Å². The number of esters is 1. The van der Waals surface area contributed by atoms with E-state index in [9.17, 15) is 4.79 Å². The van der Waals surface area contributed by atoms with Gasteiger partial charge < -0.3 is 4.74 Å². The number of benzene rings is 2. The Labute approximate surface area is 192 Å². The highest BCUT2D eigenvalue weighted by Crippen LogP contribution is 2.16. The lowest BCUT2D eigenvalue weighted by molar-refractivity contribution is -0.136. The van der Waals surface area contributed by atoms with Gasteiger partial charge >= 0.3 is 5.97 Å². The number of methoxy groups -OCH3 is 1. The van der Waals surface area contributed by atoms with E-state index in [1.54, 1.807) is 18.2 Å². The maximum atomic E-state index is 11.5. The summed E-state index contributed by atoms with van der Waals surface area (Å²) >= 11 is 0. The van der Waals surface area contributed by atoms with E-state index in [2.05, 4.69) is 38.4 Å². The number of allylic oxidation sites excluding steroid dienone is 6. The molecule has 2 aromatic carbocycles. The van der Waals surface area contributed by atoms with Crippen LogP contribution >= 0.6 is 0 Å². The molecule has 0 spiro atoms. The highest BCUT2D eigenvalue weighted by atomic mass is 16.5. The third-order valence-corrected chi connectivity index (χ3v) is 3.96. The minimum Gasteiger partial charge on any atom is -0.466 e. The molecule has 0 aliphatic carbocycles. The maximum Gasteiger partial charge on any atom is 0.334 e. The van der Waals surface area contributed by atoms with Gasteiger partial charge in [-0.25, -0.2) is 4.79 Å². The lowest BCUT2D eigenvalue weighted by atomic mass is 9.98. The molecule has 0 saturated carbocycles. The second-order valence-corrected chi connectivity index (χ2v) is 6.41. The molecule has 0 fully saturated rings. The Kier molecular flexibility index (Phi) is 15.4. The van der Waals surface area contributed by atoms with Crippen LogP contribution in [0.5, 0.6) is 0 Å². The van der Waals surface area contributed by atoms with E-state index in [0.717, 1.165) is 11.1 Å². The Morgan fingerprint density at radius 1 is 1.00 bits per heavy atom. The van der Waals surface area contributed by atoms with Crippen LogP contribution in [0.1, 0.15) is 18.1 Å². The molecule has 3 heteroatoms. The van der Waals surface area contributed by atoms with E-state index >= 15 is 0 Å². The molecular formula is C29H31NO2. The Morgan fingerprint density at radius 2 is 1.53 bits per heavy atom. The van der Waals surface area contributed by atoms with E-state index in [-0.39, 0.29) is 5.92 Å². The van der Waals surface area contributed by atoms with E-state index in [1.807, 2.05) is 73.7 Å². The topological polar surface area (TPSA) is 50.1 Å². The first-order valence-electron chi connectivity index (χ1n) is 9.92. The molecule has 0 heterocycles. The molecule has 1 unspecified atom stereocenters. The monoisotopic (exact) mass is 425 g/mol. The van der Waals surface area contributed by atoms with Gasteiger partial charge in [-0.05, 0) is 18.1 Å². The fourth-order valence-electron chi connectivity index (χ4n) is 2.26. The van der Waals surface area contributed by atoms with Gasteiger partial charge in [-0.15, -0.1) is 0 Å². The van der Waals surface area contributed by atoms with E-state index < -0.39 is 5.97 Å². The van der Waals surface area contributed by atoms with Crippen molar-refractivity contribution in [2.75, 3.05) is 7.11 Å². The normalized spacial score (nSPS) is 10.4.